The van der Waals surface area contributed by atoms with Crippen LogP contribution in [0.3, 0.4) is 0 Å². The fourth-order valence-corrected chi connectivity index (χ4v) is 3.29. The second kappa shape index (κ2) is 5.17. The van der Waals surface area contributed by atoms with Crippen molar-refractivity contribution in [2.75, 3.05) is 0 Å². The summed E-state index contributed by atoms with van der Waals surface area (Å²) in [6.45, 7) is 8.58. The third-order valence-corrected chi connectivity index (χ3v) is 3.63. The SMILES string of the molecule is CC1(C)CC(NC(=O)c2ccc(F)cc2)CC(C)(C)N1. The monoisotopic (exact) mass is 278 g/mol. The van der Waals surface area contributed by atoms with Crippen molar-refractivity contribution in [2.45, 2.75) is 57.7 Å². The molecular formula is C16H23FN2O. The molecule has 1 aliphatic heterocycles. The van der Waals surface area contributed by atoms with E-state index in [1.165, 1.54) is 24.3 Å². The summed E-state index contributed by atoms with van der Waals surface area (Å²) in [5.41, 5.74) is 0.478. The number of rotatable bonds is 2. The van der Waals surface area contributed by atoms with Crippen molar-refractivity contribution in [1.82, 2.24) is 10.6 Å². The number of carbonyl (C=O) groups is 1. The lowest BCUT2D eigenvalue weighted by Crippen LogP contribution is -2.62. The maximum atomic E-state index is 12.9. The number of piperidine rings is 1. The zero-order chi connectivity index (χ0) is 15.0. The molecule has 1 heterocycles. The normalized spacial score (nSPS) is 21.4. The Balaban J connectivity index is 2.05. The van der Waals surface area contributed by atoms with Crippen LogP contribution in [0.4, 0.5) is 4.39 Å². The average molecular weight is 278 g/mol. The Morgan fingerprint density at radius 1 is 1.15 bits per heavy atom. The van der Waals surface area contributed by atoms with Gasteiger partial charge in [0, 0.05) is 22.7 Å². The third-order valence-electron chi connectivity index (χ3n) is 3.63. The number of amides is 1. The van der Waals surface area contributed by atoms with Gasteiger partial charge in [-0.05, 0) is 64.8 Å². The Labute approximate surface area is 120 Å². The Morgan fingerprint density at radius 2 is 1.65 bits per heavy atom. The minimum atomic E-state index is -0.328. The molecule has 0 atom stereocenters. The molecule has 2 N–H and O–H groups in total. The summed E-state index contributed by atoms with van der Waals surface area (Å²) in [4.78, 5) is 12.2. The van der Waals surface area contributed by atoms with Crippen LogP contribution in [0.2, 0.25) is 0 Å². The van der Waals surface area contributed by atoms with Gasteiger partial charge in [-0.15, -0.1) is 0 Å². The maximum Gasteiger partial charge on any atom is 0.251 e. The minimum Gasteiger partial charge on any atom is -0.349 e. The maximum absolute atomic E-state index is 12.9. The molecule has 3 nitrogen and oxygen atoms in total. The molecule has 1 aromatic rings. The van der Waals surface area contributed by atoms with E-state index in [2.05, 4.69) is 38.3 Å². The molecule has 0 aliphatic carbocycles. The second-order valence-electron chi connectivity index (χ2n) is 6.98. The molecular weight excluding hydrogens is 255 g/mol. The van der Waals surface area contributed by atoms with Crippen LogP contribution in [0, 0.1) is 5.82 Å². The van der Waals surface area contributed by atoms with Crippen molar-refractivity contribution in [3.8, 4) is 0 Å². The molecule has 0 saturated carbocycles. The first-order valence-corrected chi connectivity index (χ1v) is 7.03. The summed E-state index contributed by atoms with van der Waals surface area (Å²) in [6, 6.07) is 5.78. The molecule has 1 saturated heterocycles. The van der Waals surface area contributed by atoms with E-state index >= 15 is 0 Å². The predicted octanol–water partition coefficient (Wildman–Crippen LogP) is 2.86. The number of hydrogen-bond donors (Lipinski definition) is 2. The zero-order valence-electron chi connectivity index (χ0n) is 12.6. The largest absolute Gasteiger partial charge is 0.349 e. The lowest BCUT2D eigenvalue weighted by atomic mass is 9.79. The van der Waals surface area contributed by atoms with E-state index in [-0.39, 0.29) is 28.8 Å². The Bertz CT molecular complexity index is 478. The quantitative estimate of drug-likeness (QED) is 0.873. The summed E-state index contributed by atoms with van der Waals surface area (Å²) in [7, 11) is 0. The van der Waals surface area contributed by atoms with Gasteiger partial charge in [-0.2, -0.15) is 0 Å². The van der Waals surface area contributed by atoms with Gasteiger partial charge in [0.15, 0.2) is 0 Å². The van der Waals surface area contributed by atoms with Gasteiger partial charge in [-0.3, -0.25) is 4.79 Å². The van der Waals surface area contributed by atoms with Gasteiger partial charge >= 0.3 is 0 Å². The fraction of sp³-hybridized carbons (Fsp3) is 0.562. The molecule has 4 heteroatoms. The first-order valence-electron chi connectivity index (χ1n) is 7.03. The number of hydrogen-bond acceptors (Lipinski definition) is 2. The van der Waals surface area contributed by atoms with E-state index in [1.807, 2.05) is 0 Å². The van der Waals surface area contributed by atoms with Gasteiger partial charge in [-0.25, -0.2) is 4.39 Å². The van der Waals surface area contributed by atoms with Crippen molar-refractivity contribution < 1.29 is 9.18 Å². The average Bonchev–Trinajstić information content (AvgIpc) is 2.25. The molecule has 2 rings (SSSR count). The molecule has 1 fully saturated rings. The highest BCUT2D eigenvalue weighted by Gasteiger charge is 2.38. The molecule has 0 aromatic heterocycles. The lowest BCUT2D eigenvalue weighted by Gasteiger charge is -2.46. The number of nitrogens with one attached hydrogen (secondary N) is 2. The highest BCUT2D eigenvalue weighted by molar-refractivity contribution is 5.94. The highest BCUT2D eigenvalue weighted by Crippen LogP contribution is 2.28. The van der Waals surface area contributed by atoms with Crippen molar-refractivity contribution >= 4 is 5.91 Å². The Kier molecular flexibility index (Phi) is 3.87. The van der Waals surface area contributed by atoms with Gasteiger partial charge in [0.25, 0.3) is 5.91 Å². The summed E-state index contributed by atoms with van der Waals surface area (Å²) < 4.78 is 12.9. The third kappa shape index (κ3) is 3.79. The summed E-state index contributed by atoms with van der Waals surface area (Å²) in [6.07, 6.45) is 1.76. The second-order valence-corrected chi connectivity index (χ2v) is 6.98. The van der Waals surface area contributed by atoms with Crippen LogP contribution in [0.5, 0.6) is 0 Å². The number of halogens is 1. The van der Waals surface area contributed by atoms with Gasteiger partial charge in [0.1, 0.15) is 5.82 Å². The predicted molar refractivity (Wildman–Crippen MR) is 78.2 cm³/mol. The highest BCUT2D eigenvalue weighted by atomic mass is 19.1. The van der Waals surface area contributed by atoms with Gasteiger partial charge < -0.3 is 10.6 Å². The number of carbonyl (C=O) groups excluding carboxylic acids is 1. The van der Waals surface area contributed by atoms with E-state index < -0.39 is 0 Å². The topological polar surface area (TPSA) is 41.1 Å². The fourth-order valence-electron chi connectivity index (χ4n) is 3.29. The van der Waals surface area contributed by atoms with E-state index in [4.69, 9.17) is 0 Å². The molecule has 0 bridgehead atoms. The first kappa shape index (κ1) is 15.0. The van der Waals surface area contributed by atoms with E-state index in [1.54, 1.807) is 0 Å². The van der Waals surface area contributed by atoms with Gasteiger partial charge in [0.2, 0.25) is 0 Å². The molecule has 0 radical (unpaired) electrons. The van der Waals surface area contributed by atoms with Crippen LogP contribution in [0.1, 0.15) is 50.9 Å². The van der Waals surface area contributed by atoms with Crippen LogP contribution in [0.25, 0.3) is 0 Å². The van der Waals surface area contributed by atoms with Gasteiger partial charge in [0.05, 0.1) is 0 Å². The molecule has 1 amide bonds. The summed E-state index contributed by atoms with van der Waals surface area (Å²) in [5.74, 6) is -0.464. The van der Waals surface area contributed by atoms with Crippen LogP contribution in [-0.4, -0.2) is 23.0 Å². The smallest absolute Gasteiger partial charge is 0.251 e. The minimum absolute atomic E-state index is 0.0114. The first-order chi connectivity index (χ1) is 9.17. The van der Waals surface area contributed by atoms with Crippen molar-refractivity contribution in [2.24, 2.45) is 0 Å². The van der Waals surface area contributed by atoms with E-state index in [0.717, 1.165) is 12.8 Å². The molecule has 20 heavy (non-hydrogen) atoms. The molecule has 0 spiro atoms. The van der Waals surface area contributed by atoms with Crippen molar-refractivity contribution in [1.29, 1.82) is 0 Å². The van der Waals surface area contributed by atoms with Crippen LogP contribution < -0.4 is 10.6 Å². The van der Waals surface area contributed by atoms with Crippen LogP contribution in [0.15, 0.2) is 24.3 Å². The number of benzene rings is 1. The van der Waals surface area contributed by atoms with Crippen LogP contribution in [-0.2, 0) is 0 Å². The zero-order valence-corrected chi connectivity index (χ0v) is 12.6. The Morgan fingerprint density at radius 3 is 2.15 bits per heavy atom. The molecule has 1 aliphatic rings. The van der Waals surface area contributed by atoms with Crippen LogP contribution >= 0.6 is 0 Å². The van der Waals surface area contributed by atoms with E-state index in [0.29, 0.717) is 5.56 Å². The standard InChI is InChI=1S/C16H23FN2O/c1-15(2)9-13(10-16(3,4)19-15)18-14(20)11-5-7-12(17)8-6-11/h5-8,13,19H,9-10H2,1-4H3,(H,18,20). The van der Waals surface area contributed by atoms with E-state index in [9.17, 15) is 9.18 Å². The molecule has 1 aromatic carbocycles. The molecule has 110 valence electrons. The summed E-state index contributed by atoms with van der Waals surface area (Å²) >= 11 is 0. The lowest BCUT2D eigenvalue weighted by molar-refractivity contribution is 0.0873. The van der Waals surface area contributed by atoms with Gasteiger partial charge in [-0.1, -0.05) is 0 Å². The Hall–Kier alpha value is -1.42. The summed E-state index contributed by atoms with van der Waals surface area (Å²) in [5, 5.41) is 6.65. The van der Waals surface area contributed by atoms with Crippen molar-refractivity contribution in [3.63, 3.8) is 0 Å². The molecule has 0 unspecified atom stereocenters. The van der Waals surface area contributed by atoms with Crippen molar-refractivity contribution in [3.05, 3.63) is 35.6 Å².